The van der Waals surface area contributed by atoms with Crippen LogP contribution in [0.5, 0.6) is 0 Å². The number of carboxylic acids is 5. The highest BCUT2D eigenvalue weighted by Gasteiger charge is 2.59. The van der Waals surface area contributed by atoms with E-state index in [2.05, 4.69) is 5.32 Å². The van der Waals surface area contributed by atoms with E-state index in [1.165, 1.54) is 0 Å². The standard InChI is InChI=1S/C33H44N3O14P/c34-15-16-35-32(17-26(37)38,33(18-27(39)40,19-28(41)42)36(20-29(43)44)21-30(45)46)22-49-51(47,48)50-25-11-13-31(14-12-25,23-7-3-1-4-8-23)24-9-5-2-6-10-24/h1-10,25,35H,11-22,34H2,(H,37,38)(H,39,40)(H,41,42)(H,43,44)(H,45,46)(H,47,48). The second-order valence-electron chi connectivity index (χ2n) is 12.5. The summed E-state index contributed by atoms with van der Waals surface area (Å²) in [5, 5.41) is 51.9. The Kier molecular flexibility index (Phi) is 14.4. The smallest absolute Gasteiger partial charge is 0.472 e. The van der Waals surface area contributed by atoms with Crippen molar-refractivity contribution in [2.24, 2.45) is 5.73 Å². The predicted molar refractivity (Wildman–Crippen MR) is 179 cm³/mol. The number of phosphoric ester groups is 1. The van der Waals surface area contributed by atoms with Crippen LogP contribution in [0.15, 0.2) is 60.7 Å². The molecule has 0 radical (unpaired) electrons. The molecule has 1 fully saturated rings. The molecular formula is C33H44N3O14P. The van der Waals surface area contributed by atoms with Crippen LogP contribution in [0.4, 0.5) is 0 Å². The van der Waals surface area contributed by atoms with Gasteiger partial charge in [0, 0.05) is 18.5 Å². The molecule has 2 aromatic rings. The number of hydrogen-bond donors (Lipinski definition) is 8. The number of benzene rings is 2. The Balaban J connectivity index is 2.01. The van der Waals surface area contributed by atoms with Crippen LogP contribution in [0.25, 0.3) is 0 Å². The van der Waals surface area contributed by atoms with E-state index in [4.69, 9.17) is 14.8 Å². The number of carboxylic acid groups (broad SMARTS) is 5. The first-order chi connectivity index (χ1) is 24.0. The van der Waals surface area contributed by atoms with Crippen LogP contribution in [0, 0.1) is 0 Å². The lowest BCUT2D eigenvalue weighted by molar-refractivity contribution is -0.164. The third kappa shape index (κ3) is 10.6. The molecule has 17 nitrogen and oxygen atoms in total. The van der Waals surface area contributed by atoms with Crippen molar-refractivity contribution in [1.82, 2.24) is 10.2 Å². The second kappa shape index (κ2) is 17.8. The van der Waals surface area contributed by atoms with E-state index in [0.717, 1.165) is 11.1 Å². The summed E-state index contributed by atoms with van der Waals surface area (Å²) in [5.41, 5.74) is 2.06. The fourth-order valence-corrected chi connectivity index (χ4v) is 8.20. The maximum Gasteiger partial charge on any atom is 0.472 e. The topological polar surface area (TPSA) is 284 Å². The van der Waals surface area contributed by atoms with Crippen LogP contribution >= 0.6 is 7.82 Å². The molecule has 2 atom stereocenters. The number of phosphoric acid groups is 1. The number of nitrogens with two attached hydrogens (primary N) is 1. The summed E-state index contributed by atoms with van der Waals surface area (Å²) in [6, 6.07) is 19.5. The molecule has 9 N–H and O–H groups in total. The van der Waals surface area contributed by atoms with E-state index in [9.17, 15) is 59.0 Å². The molecule has 0 heterocycles. The third-order valence-electron chi connectivity index (χ3n) is 9.29. The van der Waals surface area contributed by atoms with Gasteiger partial charge in [0.1, 0.15) is 0 Å². The molecule has 0 spiro atoms. The second-order valence-corrected chi connectivity index (χ2v) is 14.0. The molecule has 0 aromatic heterocycles. The fraction of sp³-hybridized carbons (Fsp3) is 0.485. The van der Waals surface area contributed by atoms with Gasteiger partial charge in [0.15, 0.2) is 0 Å². The molecule has 18 heteroatoms. The molecule has 51 heavy (non-hydrogen) atoms. The molecule has 3 rings (SSSR count). The van der Waals surface area contributed by atoms with Gasteiger partial charge in [-0.1, -0.05) is 60.7 Å². The molecule has 2 aromatic carbocycles. The summed E-state index contributed by atoms with van der Waals surface area (Å²) in [5.74, 6) is -8.60. The highest BCUT2D eigenvalue weighted by molar-refractivity contribution is 7.47. The molecule has 0 bridgehead atoms. The summed E-state index contributed by atoms with van der Waals surface area (Å²) in [7, 11) is -5.15. The number of aliphatic carboxylic acids is 5. The SMILES string of the molecule is NCCNC(COP(=O)(O)OC1CCC(c2ccccc2)(c2ccccc2)CC1)(CC(=O)O)C(CC(=O)O)(CC(=O)O)N(CC(=O)O)CC(=O)O. The van der Waals surface area contributed by atoms with Crippen LogP contribution < -0.4 is 11.1 Å². The van der Waals surface area contributed by atoms with Crippen molar-refractivity contribution in [3.05, 3.63) is 71.8 Å². The van der Waals surface area contributed by atoms with Crippen molar-refractivity contribution in [2.45, 2.75) is 67.5 Å². The van der Waals surface area contributed by atoms with Gasteiger partial charge in [-0.15, -0.1) is 0 Å². The van der Waals surface area contributed by atoms with Crippen molar-refractivity contribution in [2.75, 3.05) is 32.8 Å². The Morgan fingerprint density at radius 2 is 1.24 bits per heavy atom. The summed E-state index contributed by atoms with van der Waals surface area (Å²) in [6.07, 6.45) is -3.11. The van der Waals surface area contributed by atoms with E-state index >= 15 is 0 Å². The molecule has 2 unspecified atom stereocenters. The van der Waals surface area contributed by atoms with E-state index < -0.39 is 99.2 Å². The molecule has 0 aliphatic heterocycles. The number of hydrogen-bond acceptors (Lipinski definition) is 11. The number of rotatable bonds is 22. The minimum atomic E-state index is -5.15. The first-order valence-corrected chi connectivity index (χ1v) is 17.6. The summed E-state index contributed by atoms with van der Waals surface area (Å²) >= 11 is 0. The zero-order chi connectivity index (χ0) is 37.9. The van der Waals surface area contributed by atoms with Gasteiger partial charge in [-0.3, -0.25) is 37.9 Å². The summed E-state index contributed by atoms with van der Waals surface area (Å²) in [4.78, 5) is 72.3. The van der Waals surface area contributed by atoms with Gasteiger partial charge in [0.2, 0.25) is 0 Å². The van der Waals surface area contributed by atoms with Crippen molar-refractivity contribution in [3.63, 3.8) is 0 Å². The highest BCUT2D eigenvalue weighted by atomic mass is 31.2. The van der Waals surface area contributed by atoms with Gasteiger partial charge in [0.05, 0.1) is 56.1 Å². The lowest BCUT2D eigenvalue weighted by Crippen LogP contribution is -2.75. The number of nitrogens with one attached hydrogen (secondary N) is 1. The van der Waals surface area contributed by atoms with Crippen molar-refractivity contribution >= 4 is 37.7 Å². The number of carbonyl (C=O) groups is 5. The third-order valence-corrected chi connectivity index (χ3v) is 10.3. The quantitative estimate of drug-likeness (QED) is 0.0802. The zero-order valence-electron chi connectivity index (χ0n) is 27.8. The fourth-order valence-electron chi connectivity index (χ4n) is 7.17. The van der Waals surface area contributed by atoms with Gasteiger partial charge < -0.3 is 41.5 Å². The van der Waals surface area contributed by atoms with E-state index in [1.54, 1.807) is 0 Å². The Hall–Kier alpha value is -4.22. The maximum atomic E-state index is 13.6. The van der Waals surface area contributed by atoms with Gasteiger partial charge in [-0.05, 0) is 36.8 Å². The molecule has 1 aliphatic carbocycles. The minimum Gasteiger partial charge on any atom is -0.481 e. The minimum absolute atomic E-state index is 0.255. The Bertz CT molecular complexity index is 1500. The molecule has 280 valence electrons. The zero-order valence-corrected chi connectivity index (χ0v) is 28.7. The van der Waals surface area contributed by atoms with Crippen LogP contribution in [0.3, 0.4) is 0 Å². The van der Waals surface area contributed by atoms with Gasteiger partial charge in [0.25, 0.3) is 0 Å². The van der Waals surface area contributed by atoms with Gasteiger partial charge in [-0.25, -0.2) is 4.57 Å². The normalized spacial score (nSPS) is 17.2. The average Bonchev–Trinajstić information content (AvgIpc) is 3.05. The van der Waals surface area contributed by atoms with Crippen LogP contribution in [-0.2, 0) is 43.0 Å². The largest absolute Gasteiger partial charge is 0.481 e. The first-order valence-electron chi connectivity index (χ1n) is 16.1. The van der Waals surface area contributed by atoms with Crippen LogP contribution in [-0.4, -0.2) is 115 Å². The molecule has 1 aliphatic rings. The van der Waals surface area contributed by atoms with Crippen LogP contribution in [0.2, 0.25) is 0 Å². The van der Waals surface area contributed by atoms with Gasteiger partial charge >= 0.3 is 37.7 Å². The molecular weight excluding hydrogens is 693 g/mol. The van der Waals surface area contributed by atoms with E-state index in [0.29, 0.717) is 17.7 Å². The number of nitrogens with zero attached hydrogens (tertiary/aromatic N) is 1. The summed E-state index contributed by atoms with van der Waals surface area (Å²) in [6.45, 7) is -4.34. The molecule has 1 saturated carbocycles. The van der Waals surface area contributed by atoms with E-state index in [1.807, 2.05) is 60.7 Å². The Labute approximate surface area is 293 Å². The Morgan fingerprint density at radius 3 is 1.63 bits per heavy atom. The predicted octanol–water partition coefficient (Wildman–Crippen LogP) is 1.97. The monoisotopic (exact) mass is 737 g/mol. The lowest BCUT2D eigenvalue weighted by atomic mass is 9.65. The van der Waals surface area contributed by atoms with Crippen molar-refractivity contribution in [1.29, 1.82) is 0 Å². The summed E-state index contributed by atoms with van der Waals surface area (Å²) < 4.78 is 24.5. The van der Waals surface area contributed by atoms with Gasteiger partial charge in [-0.2, -0.15) is 0 Å². The Morgan fingerprint density at radius 1 is 0.784 bits per heavy atom. The van der Waals surface area contributed by atoms with Crippen molar-refractivity contribution in [3.8, 4) is 0 Å². The highest BCUT2D eigenvalue weighted by Crippen LogP contribution is 2.52. The van der Waals surface area contributed by atoms with Crippen molar-refractivity contribution < 1.29 is 68.0 Å². The average molecular weight is 738 g/mol. The molecule has 0 saturated heterocycles. The maximum absolute atomic E-state index is 13.6. The van der Waals surface area contributed by atoms with E-state index in [-0.39, 0.29) is 25.9 Å². The lowest BCUT2D eigenvalue weighted by Gasteiger charge is -2.54. The van der Waals surface area contributed by atoms with Crippen LogP contribution in [0.1, 0.15) is 56.1 Å². The first kappa shape index (κ1) is 41.2. The molecule has 0 amide bonds.